The summed E-state index contributed by atoms with van der Waals surface area (Å²) in [5.41, 5.74) is -0.226. The highest BCUT2D eigenvalue weighted by Gasteiger charge is 2.31. The highest BCUT2D eigenvalue weighted by Crippen LogP contribution is 2.31. The van der Waals surface area contributed by atoms with E-state index in [1.807, 2.05) is 11.8 Å². The molecule has 0 unspecified atom stereocenters. The molecule has 1 aliphatic rings. The SMILES string of the molecule is CCOCCOc1ccc([N+](=O)[O-])cc1C(=O)N1CCN(c2ccc(C(F)(F)F)cc2)CC1. The molecule has 8 nitrogen and oxygen atoms in total. The van der Waals surface area contributed by atoms with E-state index in [4.69, 9.17) is 9.47 Å². The predicted octanol–water partition coefficient (Wildman–Crippen LogP) is 3.99. The highest BCUT2D eigenvalue weighted by atomic mass is 19.4. The number of nitrogens with zero attached hydrogens (tertiary/aromatic N) is 3. The average molecular weight is 467 g/mol. The lowest BCUT2D eigenvalue weighted by Gasteiger charge is -2.36. The van der Waals surface area contributed by atoms with Gasteiger partial charge in [-0.3, -0.25) is 14.9 Å². The number of carbonyl (C=O) groups is 1. The number of hydrogen-bond acceptors (Lipinski definition) is 6. The zero-order chi connectivity index (χ0) is 24.0. The maximum atomic E-state index is 13.1. The lowest BCUT2D eigenvalue weighted by Crippen LogP contribution is -2.48. The third kappa shape index (κ3) is 6.13. The quantitative estimate of drug-likeness (QED) is 0.332. The second-order valence-electron chi connectivity index (χ2n) is 7.31. The zero-order valence-corrected chi connectivity index (χ0v) is 18.0. The molecule has 2 aromatic carbocycles. The second-order valence-corrected chi connectivity index (χ2v) is 7.31. The van der Waals surface area contributed by atoms with Crippen LogP contribution < -0.4 is 9.64 Å². The minimum atomic E-state index is -4.40. The van der Waals surface area contributed by atoms with Crippen molar-refractivity contribution in [1.82, 2.24) is 4.90 Å². The fourth-order valence-corrected chi connectivity index (χ4v) is 3.48. The summed E-state index contributed by atoms with van der Waals surface area (Å²) in [6.07, 6.45) is -4.40. The normalized spacial score (nSPS) is 14.3. The van der Waals surface area contributed by atoms with Gasteiger partial charge in [0, 0.05) is 50.6 Å². The molecule has 178 valence electrons. The van der Waals surface area contributed by atoms with E-state index < -0.39 is 22.6 Å². The molecule has 1 amide bonds. The molecule has 3 rings (SSSR count). The van der Waals surface area contributed by atoms with E-state index >= 15 is 0 Å². The Morgan fingerprint density at radius 3 is 2.30 bits per heavy atom. The lowest BCUT2D eigenvalue weighted by atomic mass is 10.1. The molecule has 0 radical (unpaired) electrons. The summed E-state index contributed by atoms with van der Waals surface area (Å²) in [6.45, 7) is 4.28. The molecule has 33 heavy (non-hydrogen) atoms. The number of rotatable bonds is 8. The minimum absolute atomic E-state index is 0.0867. The number of anilines is 1. The molecule has 11 heteroatoms. The van der Waals surface area contributed by atoms with Gasteiger partial charge in [-0.15, -0.1) is 0 Å². The molecule has 1 aliphatic heterocycles. The molecule has 0 N–H and O–H groups in total. The molecule has 0 aliphatic carbocycles. The largest absolute Gasteiger partial charge is 0.490 e. The van der Waals surface area contributed by atoms with Crippen molar-refractivity contribution in [2.24, 2.45) is 0 Å². The van der Waals surface area contributed by atoms with Gasteiger partial charge in [-0.1, -0.05) is 0 Å². The molecule has 1 heterocycles. The third-order valence-electron chi connectivity index (χ3n) is 5.22. The van der Waals surface area contributed by atoms with Crippen LogP contribution in [0.4, 0.5) is 24.5 Å². The first kappa shape index (κ1) is 24.3. The van der Waals surface area contributed by atoms with Gasteiger partial charge >= 0.3 is 6.18 Å². The maximum Gasteiger partial charge on any atom is 0.416 e. The molecule has 1 fully saturated rings. The fourth-order valence-electron chi connectivity index (χ4n) is 3.48. The molecular weight excluding hydrogens is 443 g/mol. The summed E-state index contributed by atoms with van der Waals surface area (Å²) in [5, 5.41) is 11.2. The van der Waals surface area contributed by atoms with Crippen LogP contribution in [0.2, 0.25) is 0 Å². The number of nitro benzene ring substituents is 1. The molecule has 0 saturated carbocycles. The number of hydrogen-bond donors (Lipinski definition) is 0. The number of ether oxygens (including phenoxy) is 2. The van der Waals surface area contributed by atoms with E-state index in [1.165, 1.54) is 30.3 Å². The molecule has 2 aromatic rings. The van der Waals surface area contributed by atoms with E-state index in [0.717, 1.165) is 12.1 Å². The van der Waals surface area contributed by atoms with E-state index in [0.29, 0.717) is 45.1 Å². The Morgan fingerprint density at radius 1 is 1.06 bits per heavy atom. The van der Waals surface area contributed by atoms with Gasteiger partial charge in [0.15, 0.2) is 0 Å². The Bertz CT molecular complexity index is 974. The van der Waals surface area contributed by atoms with Gasteiger partial charge in [-0.05, 0) is 37.3 Å². The van der Waals surface area contributed by atoms with Crippen LogP contribution in [-0.2, 0) is 10.9 Å². The van der Waals surface area contributed by atoms with Crippen LogP contribution in [0, 0.1) is 10.1 Å². The van der Waals surface area contributed by atoms with Gasteiger partial charge in [0.2, 0.25) is 0 Å². The van der Waals surface area contributed by atoms with Crippen LogP contribution in [0.5, 0.6) is 5.75 Å². The molecular formula is C22H24F3N3O5. The van der Waals surface area contributed by atoms with Gasteiger partial charge in [-0.25, -0.2) is 0 Å². The second kappa shape index (κ2) is 10.5. The van der Waals surface area contributed by atoms with Crippen LogP contribution in [0.25, 0.3) is 0 Å². The van der Waals surface area contributed by atoms with Gasteiger partial charge in [0.1, 0.15) is 12.4 Å². The van der Waals surface area contributed by atoms with Crippen molar-refractivity contribution in [3.8, 4) is 5.75 Å². The smallest absolute Gasteiger partial charge is 0.416 e. The predicted molar refractivity (Wildman–Crippen MR) is 115 cm³/mol. The Morgan fingerprint density at radius 2 is 1.73 bits per heavy atom. The highest BCUT2D eigenvalue weighted by molar-refractivity contribution is 5.97. The minimum Gasteiger partial charge on any atom is -0.490 e. The molecule has 0 aromatic heterocycles. The van der Waals surface area contributed by atoms with E-state index in [1.54, 1.807) is 4.90 Å². The van der Waals surface area contributed by atoms with Gasteiger partial charge in [0.05, 0.1) is 22.7 Å². The number of carbonyl (C=O) groups excluding carboxylic acids is 1. The number of benzene rings is 2. The zero-order valence-electron chi connectivity index (χ0n) is 18.0. The summed E-state index contributed by atoms with van der Waals surface area (Å²) in [5.74, 6) is -0.173. The van der Waals surface area contributed by atoms with Crippen molar-refractivity contribution in [2.75, 3.05) is 50.9 Å². The van der Waals surface area contributed by atoms with Gasteiger partial charge in [0.25, 0.3) is 11.6 Å². The van der Waals surface area contributed by atoms with Crippen LogP contribution in [0.15, 0.2) is 42.5 Å². The van der Waals surface area contributed by atoms with Gasteiger partial charge < -0.3 is 19.3 Å². The van der Waals surface area contributed by atoms with Crippen molar-refractivity contribution in [3.05, 3.63) is 63.7 Å². The Labute approximate surface area is 188 Å². The van der Waals surface area contributed by atoms with Crippen LogP contribution in [-0.4, -0.2) is 61.7 Å². The number of alkyl halides is 3. The molecule has 0 atom stereocenters. The van der Waals surface area contributed by atoms with Crippen molar-refractivity contribution >= 4 is 17.3 Å². The third-order valence-corrected chi connectivity index (χ3v) is 5.22. The number of piperazine rings is 1. The van der Waals surface area contributed by atoms with Crippen LogP contribution >= 0.6 is 0 Å². The average Bonchev–Trinajstić information content (AvgIpc) is 2.81. The Kier molecular flexibility index (Phi) is 7.75. The molecule has 0 bridgehead atoms. The van der Waals surface area contributed by atoms with Crippen molar-refractivity contribution in [1.29, 1.82) is 0 Å². The summed E-state index contributed by atoms with van der Waals surface area (Å²) in [4.78, 5) is 27.2. The lowest BCUT2D eigenvalue weighted by molar-refractivity contribution is -0.384. The van der Waals surface area contributed by atoms with Crippen molar-refractivity contribution in [2.45, 2.75) is 13.1 Å². The van der Waals surface area contributed by atoms with E-state index in [2.05, 4.69) is 0 Å². The van der Waals surface area contributed by atoms with E-state index in [9.17, 15) is 28.1 Å². The first-order valence-corrected chi connectivity index (χ1v) is 10.4. The van der Waals surface area contributed by atoms with E-state index in [-0.39, 0.29) is 23.6 Å². The number of non-ortho nitro benzene ring substituents is 1. The first-order valence-electron chi connectivity index (χ1n) is 10.4. The maximum absolute atomic E-state index is 13.1. The summed E-state index contributed by atoms with van der Waals surface area (Å²) >= 11 is 0. The van der Waals surface area contributed by atoms with Crippen LogP contribution in [0.1, 0.15) is 22.8 Å². The topological polar surface area (TPSA) is 85.1 Å². The van der Waals surface area contributed by atoms with Crippen molar-refractivity contribution in [3.63, 3.8) is 0 Å². The molecule has 1 saturated heterocycles. The monoisotopic (exact) mass is 467 g/mol. The summed E-state index contributed by atoms with van der Waals surface area (Å²) in [7, 11) is 0. The fraction of sp³-hybridized carbons (Fsp3) is 0.409. The Hall–Kier alpha value is -3.34. The molecule has 0 spiro atoms. The van der Waals surface area contributed by atoms with Crippen LogP contribution in [0.3, 0.4) is 0 Å². The van der Waals surface area contributed by atoms with Crippen molar-refractivity contribution < 1.29 is 32.4 Å². The standard InChI is InChI=1S/C22H24F3N3O5/c1-2-32-13-14-33-20-8-7-18(28(30)31)15-19(20)21(29)27-11-9-26(10-12-27)17-5-3-16(4-6-17)22(23,24)25/h3-8,15H,2,9-14H2,1H3. The number of amides is 1. The summed E-state index contributed by atoms with van der Waals surface area (Å²) < 4.78 is 49.2. The Balaban J connectivity index is 1.69. The number of nitro groups is 1. The first-order chi connectivity index (χ1) is 15.7. The summed E-state index contributed by atoms with van der Waals surface area (Å²) in [6, 6.07) is 8.74. The number of halogens is 3. The van der Waals surface area contributed by atoms with Gasteiger partial charge in [-0.2, -0.15) is 13.2 Å².